The lowest BCUT2D eigenvalue weighted by molar-refractivity contribution is 0.282. The summed E-state index contributed by atoms with van der Waals surface area (Å²) in [5, 5.41) is 9.96. The van der Waals surface area contributed by atoms with Gasteiger partial charge in [0.2, 0.25) is 0 Å². The number of hydrogen-bond donors (Lipinski definition) is 3. The number of aliphatic imine (C=N–C) groups is 9. The Morgan fingerprint density at radius 2 is 0.472 bits per heavy atom. The van der Waals surface area contributed by atoms with Crippen LogP contribution in [0, 0.1) is 136 Å². The Kier molecular flexibility index (Phi) is 31.5. The molecule has 0 aromatic heterocycles. The van der Waals surface area contributed by atoms with E-state index in [2.05, 4.69) is 155 Å². The van der Waals surface area contributed by atoms with Gasteiger partial charge in [0.15, 0.2) is 0 Å². The summed E-state index contributed by atoms with van der Waals surface area (Å²) >= 11 is 0. The summed E-state index contributed by atoms with van der Waals surface area (Å²) < 4.78 is 0. The molecule has 6 fully saturated rings. The van der Waals surface area contributed by atoms with Crippen molar-refractivity contribution >= 4 is 55.9 Å². The van der Waals surface area contributed by atoms with Gasteiger partial charge in [-0.2, -0.15) is 0 Å². The second-order valence-electron chi connectivity index (χ2n) is 27.5. The SMILES string of the molecule is CC=NCC1C2C=CC(C2)C1CN=CC.CC=NCC1C2C=CC(C2)C1CNC.CC=NCC1C2C=CC(C2)C1N=CC.CC=NCCC1C2C=CC(C2)C1CCN=CC.CC=NCCC1C2C=CC(C2)C1CN=CC.CNCC1C2C=CC(C2)C1CNC. The second kappa shape index (κ2) is 39.0. The molecule has 0 saturated heterocycles. The summed E-state index contributed by atoms with van der Waals surface area (Å²) in [4.78, 5) is 39.8. The fraction of sp³-hybridized carbons (Fsp3) is 0.727. The summed E-state index contributed by atoms with van der Waals surface area (Å²) in [6.45, 7) is 29.5. The summed E-state index contributed by atoms with van der Waals surface area (Å²) in [5.74, 6) is 18.4. The van der Waals surface area contributed by atoms with E-state index >= 15 is 0 Å². The number of nitrogens with zero attached hydrogens (tertiary/aromatic N) is 9. The molecule has 3 N–H and O–H groups in total. The third kappa shape index (κ3) is 19.5. The van der Waals surface area contributed by atoms with Crippen molar-refractivity contribution in [1.82, 2.24) is 16.0 Å². The van der Waals surface area contributed by atoms with E-state index in [4.69, 9.17) is 0 Å². The van der Waals surface area contributed by atoms with Gasteiger partial charge in [0.25, 0.3) is 0 Å². The van der Waals surface area contributed by atoms with Crippen LogP contribution in [0.15, 0.2) is 118 Å². The van der Waals surface area contributed by atoms with Crippen molar-refractivity contribution in [1.29, 1.82) is 0 Å². The van der Waals surface area contributed by atoms with Crippen LogP contribution in [0.5, 0.6) is 0 Å². The fourth-order valence-electron chi connectivity index (χ4n) is 18.8. The summed E-state index contributed by atoms with van der Waals surface area (Å²) in [6.07, 6.45) is 58.2. The van der Waals surface area contributed by atoms with Gasteiger partial charge < -0.3 is 16.0 Å². The minimum atomic E-state index is 0.499. The number of nitrogens with one attached hydrogen (secondary N) is 3. The van der Waals surface area contributed by atoms with Crippen LogP contribution in [-0.2, 0) is 0 Å². The van der Waals surface area contributed by atoms with Crippen molar-refractivity contribution in [3.05, 3.63) is 72.9 Å². The first-order valence-corrected chi connectivity index (χ1v) is 35.8. The van der Waals surface area contributed by atoms with Gasteiger partial charge in [0.05, 0.1) is 6.04 Å². The van der Waals surface area contributed by atoms with Crippen LogP contribution in [0.2, 0.25) is 0 Å². The Morgan fingerprint density at radius 3 is 0.764 bits per heavy atom. The van der Waals surface area contributed by atoms with E-state index in [1.807, 2.05) is 118 Å². The smallest absolute Gasteiger partial charge is 0.0609 e. The first-order valence-electron chi connectivity index (χ1n) is 35.8. The second-order valence-corrected chi connectivity index (χ2v) is 27.5. The molecule has 12 heteroatoms. The molecule has 0 heterocycles. The van der Waals surface area contributed by atoms with Crippen molar-refractivity contribution in [2.24, 2.45) is 181 Å². The Labute approximate surface area is 542 Å². The number of hydrogen-bond acceptors (Lipinski definition) is 12. The van der Waals surface area contributed by atoms with Crippen LogP contribution in [0.1, 0.15) is 120 Å². The first kappa shape index (κ1) is 71.8. The quantitative estimate of drug-likeness (QED) is 0.0585. The molecule has 12 rings (SSSR count). The highest BCUT2D eigenvalue weighted by atomic mass is 14.9. The van der Waals surface area contributed by atoms with Gasteiger partial charge in [-0.05, 0) is 341 Å². The molecule has 24 unspecified atom stereocenters. The Bertz CT molecular complexity index is 2430. The van der Waals surface area contributed by atoms with Gasteiger partial charge in [-0.25, -0.2) is 0 Å². The molecule has 0 radical (unpaired) electrons. The van der Waals surface area contributed by atoms with Crippen LogP contribution < -0.4 is 16.0 Å². The predicted octanol–water partition coefficient (Wildman–Crippen LogP) is 13.9. The van der Waals surface area contributed by atoms with Gasteiger partial charge in [0, 0.05) is 64.2 Å². The molecule has 0 amide bonds. The highest BCUT2D eigenvalue weighted by Gasteiger charge is 2.48. The molecule has 24 atom stereocenters. The molecular formula is C77H124N12. The maximum Gasteiger partial charge on any atom is 0.0609 e. The first-order chi connectivity index (χ1) is 43.7. The topological polar surface area (TPSA) is 147 Å². The average molecular weight is 1220 g/mol. The van der Waals surface area contributed by atoms with Crippen molar-refractivity contribution in [2.75, 3.05) is 93.1 Å². The molecule has 12 bridgehead atoms. The minimum Gasteiger partial charge on any atom is -0.319 e. The number of rotatable bonds is 26. The van der Waals surface area contributed by atoms with Gasteiger partial charge in [-0.3, -0.25) is 44.9 Å². The maximum absolute atomic E-state index is 4.59. The number of allylic oxidation sites excluding steroid dienone is 11. The van der Waals surface area contributed by atoms with Crippen LogP contribution in [-0.4, -0.2) is 155 Å². The monoisotopic (exact) mass is 1220 g/mol. The van der Waals surface area contributed by atoms with E-state index in [0.717, 1.165) is 183 Å². The molecule has 12 aliphatic rings. The number of fused-ring (bicyclic) bond motifs is 12. The summed E-state index contributed by atoms with van der Waals surface area (Å²) in [5.41, 5.74) is 0. The highest BCUT2D eigenvalue weighted by Crippen LogP contribution is 2.53. The average Bonchev–Trinajstić information content (AvgIpc) is 3.09. The third-order valence-electron chi connectivity index (χ3n) is 23.0. The molecule has 0 spiro atoms. The van der Waals surface area contributed by atoms with Crippen LogP contribution in [0.3, 0.4) is 0 Å². The molecule has 0 aliphatic heterocycles. The minimum absolute atomic E-state index is 0.499. The third-order valence-corrected chi connectivity index (χ3v) is 23.0. The molecular weight excluding hydrogens is 1090 g/mol. The lowest BCUT2D eigenvalue weighted by Crippen LogP contribution is -2.34. The fourth-order valence-corrected chi connectivity index (χ4v) is 18.8. The van der Waals surface area contributed by atoms with E-state index in [9.17, 15) is 0 Å². The highest BCUT2D eigenvalue weighted by molar-refractivity contribution is 5.56. The molecule has 0 aromatic carbocycles. The van der Waals surface area contributed by atoms with E-state index in [0.29, 0.717) is 17.9 Å². The van der Waals surface area contributed by atoms with Gasteiger partial charge in [0.1, 0.15) is 0 Å². The lowest BCUT2D eigenvalue weighted by Gasteiger charge is -2.27. The molecule has 12 nitrogen and oxygen atoms in total. The zero-order valence-corrected chi connectivity index (χ0v) is 57.6. The zero-order chi connectivity index (χ0) is 63.3. The van der Waals surface area contributed by atoms with Gasteiger partial charge in [-0.1, -0.05) is 72.9 Å². The van der Waals surface area contributed by atoms with Crippen molar-refractivity contribution in [3.63, 3.8) is 0 Å². The van der Waals surface area contributed by atoms with E-state index < -0.39 is 0 Å². The van der Waals surface area contributed by atoms with Crippen LogP contribution in [0.4, 0.5) is 0 Å². The van der Waals surface area contributed by atoms with E-state index in [-0.39, 0.29) is 0 Å². The normalized spacial score (nSPS) is 38.8. The largest absolute Gasteiger partial charge is 0.319 e. The molecule has 89 heavy (non-hydrogen) atoms. The molecule has 6 saturated carbocycles. The van der Waals surface area contributed by atoms with Crippen LogP contribution in [0.25, 0.3) is 0 Å². The van der Waals surface area contributed by atoms with Crippen molar-refractivity contribution in [3.8, 4) is 0 Å². The Balaban J connectivity index is 0.000000152. The zero-order valence-electron chi connectivity index (χ0n) is 57.6. The molecule has 492 valence electrons. The molecule has 0 aromatic rings. The van der Waals surface area contributed by atoms with Crippen LogP contribution >= 0.6 is 0 Å². The Hall–Kier alpha value is -4.65. The van der Waals surface area contributed by atoms with Gasteiger partial charge >= 0.3 is 0 Å². The maximum atomic E-state index is 4.59. The summed E-state index contributed by atoms with van der Waals surface area (Å²) in [6, 6.07) is 0.499. The van der Waals surface area contributed by atoms with E-state index in [1.54, 1.807) is 0 Å². The Morgan fingerprint density at radius 1 is 0.258 bits per heavy atom. The lowest BCUT2D eigenvalue weighted by atomic mass is 9.79. The van der Waals surface area contributed by atoms with Crippen molar-refractivity contribution < 1.29 is 0 Å². The molecule has 12 aliphatic carbocycles. The predicted molar refractivity (Wildman–Crippen MR) is 389 cm³/mol. The van der Waals surface area contributed by atoms with Crippen molar-refractivity contribution in [2.45, 2.75) is 126 Å². The van der Waals surface area contributed by atoms with Gasteiger partial charge in [-0.15, -0.1) is 0 Å². The standard InChI is InChI=1S/C15H24N2.C14H22N2.C13H20N2.C12H20N2.C12H18N2.C11H20N2/c1-3-16-9-7-14-12-5-6-13(11-12)15(14)8-10-17-4-2;1-3-15-8-7-13-11-5-6-12(9-11)14(13)10-16-4-2;1-3-14-8-12-10-5-6-11(7-10)13(12)9-15-4-2;1-3-14-8-12-10-5-4-9(6-10)11(12)7-13-2;1-3-13-8-11-9-5-6-10(7-9)12(11)14-4-2;1-12-6-10-8-3-4-9(5-8)11(10)7-13-2/h3-6,12-15H,7-11H2,1-2H3;3-6,11-14H,7-10H2,1-2H3;3-6,10-13H,7-9H2,1-2H3;3-5,9-13H,6-8H2,1-2H3;3-6,9-12H,7-8H2,1-2H3;3-4,8-13H,5-7H2,1-2H3. The summed E-state index contributed by atoms with van der Waals surface area (Å²) in [7, 11) is 6.17. The van der Waals surface area contributed by atoms with E-state index in [1.165, 1.54) is 70.9 Å².